The minimum atomic E-state index is -4.18. The summed E-state index contributed by atoms with van der Waals surface area (Å²) in [4.78, 5) is 37.4. The van der Waals surface area contributed by atoms with Crippen molar-refractivity contribution in [2.75, 3.05) is 0 Å². The second-order valence-corrected chi connectivity index (χ2v) is 9.11. The standard InChI is InChI=1S/C18H22F2O9S/c1-2-17(5-3-4-6-17)27-15(22)11-9-7-8-10(11)14(21)25-12(8)13(9)26-16(23)18(19,20)30-29-28-24/h8-13,24H,2-7H2,1H3. The van der Waals surface area contributed by atoms with Gasteiger partial charge in [0.1, 0.15) is 29.9 Å². The van der Waals surface area contributed by atoms with Gasteiger partial charge in [0.2, 0.25) is 0 Å². The van der Waals surface area contributed by atoms with Gasteiger partial charge in [0.25, 0.3) is 0 Å². The van der Waals surface area contributed by atoms with Crippen LogP contribution in [0.2, 0.25) is 0 Å². The van der Waals surface area contributed by atoms with E-state index in [0.717, 1.165) is 25.7 Å². The van der Waals surface area contributed by atoms with Crippen LogP contribution in [0.1, 0.15) is 45.4 Å². The molecule has 1 saturated heterocycles. The summed E-state index contributed by atoms with van der Waals surface area (Å²) < 4.78 is 47.4. The first-order valence-corrected chi connectivity index (χ1v) is 10.7. The minimum Gasteiger partial charge on any atom is -0.459 e. The average molecular weight is 452 g/mol. The van der Waals surface area contributed by atoms with Crippen molar-refractivity contribution in [3.63, 3.8) is 0 Å². The monoisotopic (exact) mass is 452 g/mol. The van der Waals surface area contributed by atoms with Gasteiger partial charge in [-0.15, -0.1) is 4.33 Å². The number of esters is 3. The molecule has 0 aromatic rings. The van der Waals surface area contributed by atoms with E-state index < -0.39 is 76.7 Å². The summed E-state index contributed by atoms with van der Waals surface area (Å²) in [6.45, 7) is 1.93. The van der Waals surface area contributed by atoms with Gasteiger partial charge in [-0.3, -0.25) is 9.59 Å². The maximum absolute atomic E-state index is 13.8. The highest BCUT2D eigenvalue weighted by atomic mass is 32.2. The predicted octanol–water partition coefficient (Wildman–Crippen LogP) is 2.63. The molecule has 3 aliphatic carbocycles. The van der Waals surface area contributed by atoms with Crippen LogP contribution in [-0.2, 0) is 38.0 Å². The van der Waals surface area contributed by atoms with Gasteiger partial charge in [-0.1, -0.05) is 12.0 Å². The Morgan fingerprint density at radius 2 is 2.00 bits per heavy atom. The van der Waals surface area contributed by atoms with Gasteiger partial charge in [0, 0.05) is 11.8 Å². The first kappa shape index (κ1) is 21.7. The van der Waals surface area contributed by atoms with Crippen molar-refractivity contribution in [1.82, 2.24) is 0 Å². The summed E-state index contributed by atoms with van der Waals surface area (Å²) in [6.07, 6.45) is 2.29. The van der Waals surface area contributed by atoms with Crippen LogP contribution in [0.5, 0.6) is 0 Å². The highest BCUT2D eigenvalue weighted by molar-refractivity contribution is 7.96. The predicted molar refractivity (Wildman–Crippen MR) is 93.3 cm³/mol. The number of ether oxygens (including phenoxy) is 3. The molecular weight excluding hydrogens is 430 g/mol. The minimum absolute atomic E-state index is 0.340. The summed E-state index contributed by atoms with van der Waals surface area (Å²) in [5.74, 6) is -5.76. The smallest absolute Gasteiger partial charge is 0.415 e. The molecule has 0 radical (unpaired) electrons. The zero-order valence-corrected chi connectivity index (χ0v) is 16.9. The number of carbonyl (C=O) groups is 3. The lowest BCUT2D eigenvalue weighted by molar-refractivity contribution is -0.433. The molecular formula is C18H22F2O9S. The van der Waals surface area contributed by atoms with E-state index in [2.05, 4.69) is 9.37 Å². The van der Waals surface area contributed by atoms with Crippen LogP contribution in [-0.4, -0.2) is 46.2 Å². The van der Waals surface area contributed by atoms with E-state index >= 15 is 0 Å². The fourth-order valence-electron chi connectivity index (χ4n) is 5.58. The molecule has 12 heteroatoms. The van der Waals surface area contributed by atoms with Gasteiger partial charge in [-0.05, 0) is 38.5 Å². The number of rotatable bonds is 8. The summed E-state index contributed by atoms with van der Waals surface area (Å²) in [5, 5.41) is 6.92. The van der Waals surface area contributed by atoms with Gasteiger partial charge in [-0.2, -0.15) is 8.78 Å². The second-order valence-electron chi connectivity index (χ2n) is 8.29. The van der Waals surface area contributed by atoms with Crippen LogP contribution in [0.3, 0.4) is 0 Å². The molecule has 0 aromatic carbocycles. The molecule has 4 rings (SSSR count). The lowest BCUT2D eigenvalue weighted by atomic mass is 9.78. The van der Waals surface area contributed by atoms with Gasteiger partial charge in [0.05, 0.1) is 11.8 Å². The van der Waals surface area contributed by atoms with Crippen molar-refractivity contribution in [3.8, 4) is 0 Å². The van der Waals surface area contributed by atoms with E-state index in [1.54, 1.807) is 0 Å². The van der Waals surface area contributed by atoms with E-state index in [1.807, 2.05) is 6.92 Å². The van der Waals surface area contributed by atoms with Crippen LogP contribution >= 0.6 is 12.0 Å². The zero-order chi connectivity index (χ0) is 21.7. The normalized spacial score (nSPS) is 36.1. The Morgan fingerprint density at radius 3 is 2.63 bits per heavy atom. The highest BCUT2D eigenvalue weighted by Crippen LogP contribution is 2.59. The number of halogens is 2. The molecule has 4 fully saturated rings. The van der Waals surface area contributed by atoms with Crippen molar-refractivity contribution in [2.24, 2.45) is 23.7 Å². The molecule has 1 heterocycles. The lowest BCUT2D eigenvalue weighted by Crippen LogP contribution is -2.47. The summed E-state index contributed by atoms with van der Waals surface area (Å²) in [7, 11) is 0. The molecule has 6 unspecified atom stereocenters. The zero-order valence-electron chi connectivity index (χ0n) is 16.1. The lowest BCUT2D eigenvalue weighted by Gasteiger charge is -2.34. The third kappa shape index (κ3) is 3.47. The fourth-order valence-corrected chi connectivity index (χ4v) is 5.81. The molecule has 1 aliphatic heterocycles. The molecule has 0 spiro atoms. The third-order valence-electron chi connectivity index (χ3n) is 6.94. The SMILES string of the molecule is CCC1(OC(=O)C2C3CC4C(OC(=O)C42)C3OC(=O)C(F)(F)SOOO)CCCC1. The third-order valence-corrected chi connectivity index (χ3v) is 7.45. The number of carbonyl (C=O) groups excluding carboxylic acids is 3. The van der Waals surface area contributed by atoms with Crippen molar-refractivity contribution in [3.05, 3.63) is 0 Å². The Labute approximate surface area is 174 Å². The van der Waals surface area contributed by atoms with Crippen molar-refractivity contribution in [1.29, 1.82) is 0 Å². The first-order valence-electron chi connectivity index (χ1n) is 9.91. The fraction of sp³-hybridized carbons (Fsp3) is 0.833. The molecule has 3 saturated carbocycles. The maximum atomic E-state index is 13.8. The van der Waals surface area contributed by atoms with Crippen LogP contribution in [0.15, 0.2) is 0 Å². The Hall–Kier alpha value is -1.50. The highest BCUT2D eigenvalue weighted by Gasteiger charge is 2.71. The Bertz CT molecular complexity index is 726. The Balaban J connectivity index is 1.51. The van der Waals surface area contributed by atoms with Crippen molar-refractivity contribution >= 4 is 30.0 Å². The number of fused-ring (bicyclic) bond motifs is 1. The van der Waals surface area contributed by atoms with Crippen molar-refractivity contribution < 1.29 is 52.0 Å². The largest absolute Gasteiger partial charge is 0.459 e. The first-order chi connectivity index (χ1) is 14.2. The molecule has 1 N–H and O–H groups in total. The number of alkyl halides is 2. The molecule has 0 aromatic heterocycles. The van der Waals surface area contributed by atoms with Gasteiger partial charge < -0.3 is 14.2 Å². The molecule has 4 aliphatic rings. The number of hydrogen-bond acceptors (Lipinski definition) is 10. The van der Waals surface area contributed by atoms with Crippen LogP contribution < -0.4 is 0 Å². The quantitative estimate of drug-likeness (QED) is 0.194. The van der Waals surface area contributed by atoms with Crippen LogP contribution in [0.25, 0.3) is 0 Å². The van der Waals surface area contributed by atoms with Crippen LogP contribution in [0, 0.1) is 23.7 Å². The summed E-state index contributed by atoms with van der Waals surface area (Å²) in [6, 6.07) is 0. The molecule has 6 atom stereocenters. The maximum Gasteiger partial charge on any atom is 0.415 e. The van der Waals surface area contributed by atoms with Crippen LogP contribution in [0.4, 0.5) is 8.78 Å². The van der Waals surface area contributed by atoms with E-state index in [0.29, 0.717) is 12.8 Å². The van der Waals surface area contributed by atoms with Gasteiger partial charge >= 0.3 is 23.2 Å². The van der Waals surface area contributed by atoms with E-state index in [1.165, 1.54) is 0 Å². The molecule has 168 valence electrons. The summed E-state index contributed by atoms with van der Waals surface area (Å²) in [5.41, 5.74) is -0.571. The van der Waals surface area contributed by atoms with Crippen molar-refractivity contribution in [2.45, 2.75) is 68.5 Å². The molecule has 9 nitrogen and oxygen atoms in total. The molecule has 0 amide bonds. The van der Waals surface area contributed by atoms with Gasteiger partial charge in [-0.25, -0.2) is 10.1 Å². The average Bonchev–Trinajstić information content (AvgIpc) is 3.44. The van der Waals surface area contributed by atoms with Gasteiger partial charge in [0.15, 0.2) is 0 Å². The molecule has 2 bridgehead atoms. The van der Waals surface area contributed by atoms with E-state index in [9.17, 15) is 23.2 Å². The topological polar surface area (TPSA) is 118 Å². The second kappa shape index (κ2) is 7.88. The summed E-state index contributed by atoms with van der Waals surface area (Å²) >= 11 is -0.739. The van der Waals surface area contributed by atoms with E-state index in [-0.39, 0.29) is 0 Å². The number of hydrogen-bond donors (Lipinski definition) is 1. The Morgan fingerprint density at radius 1 is 1.30 bits per heavy atom. The molecule has 30 heavy (non-hydrogen) atoms. The van der Waals surface area contributed by atoms with E-state index in [4.69, 9.17) is 19.5 Å². The Kier molecular flexibility index (Phi) is 5.71.